The second-order valence-corrected chi connectivity index (χ2v) is 4.82. The second kappa shape index (κ2) is 3.70. The Kier molecular flexibility index (Phi) is 2.27. The average Bonchev–Trinajstić information content (AvgIpc) is 2.65. The largest absolute Gasteiger partial charge is 0.358 e. The first kappa shape index (κ1) is 11.0. The summed E-state index contributed by atoms with van der Waals surface area (Å²) in [4.78, 5) is 15.2. The molecule has 3 aromatic rings. The zero-order chi connectivity index (χ0) is 12.9. The molecule has 0 aliphatic rings. The third-order valence-corrected chi connectivity index (χ3v) is 3.70. The van der Waals surface area contributed by atoms with Crippen molar-refractivity contribution in [2.24, 2.45) is 0 Å². The van der Waals surface area contributed by atoms with E-state index in [1.54, 1.807) is 6.92 Å². The Hall–Kier alpha value is -2.09. The van der Waals surface area contributed by atoms with Gasteiger partial charge in [0.25, 0.3) is 0 Å². The summed E-state index contributed by atoms with van der Waals surface area (Å²) in [7, 11) is 0. The lowest BCUT2D eigenvalue weighted by molar-refractivity contribution is 0.101. The maximum atomic E-state index is 11.8. The van der Waals surface area contributed by atoms with E-state index in [1.807, 2.05) is 24.3 Å². The van der Waals surface area contributed by atoms with Gasteiger partial charge in [-0.1, -0.05) is 24.3 Å². The van der Waals surface area contributed by atoms with E-state index in [2.05, 4.69) is 24.9 Å². The number of Topliss-reactive ketones (excluding diaryl/α,β-unsaturated/α-hetero) is 1. The molecule has 0 bridgehead atoms. The number of carbonyl (C=O) groups excluding carboxylic acids is 1. The number of fused-ring (bicyclic) bond motifs is 3. The number of carbonyl (C=O) groups is 1. The molecule has 0 saturated heterocycles. The highest BCUT2D eigenvalue weighted by Crippen LogP contribution is 2.31. The van der Waals surface area contributed by atoms with Crippen molar-refractivity contribution in [3.63, 3.8) is 0 Å². The molecule has 1 heterocycles. The second-order valence-electron chi connectivity index (χ2n) is 4.82. The van der Waals surface area contributed by atoms with Crippen molar-refractivity contribution in [3.8, 4) is 0 Å². The normalized spacial score (nSPS) is 11.3. The molecule has 0 fully saturated rings. The standard InChI is InChI=1S/C16H15NO/c1-9-10(2)17-16-13-7-5-4-6-12(13)15(11(3)18)8-14(9)16/h4-8,17H,1-3H3. The van der Waals surface area contributed by atoms with Crippen molar-refractivity contribution in [1.29, 1.82) is 0 Å². The first-order chi connectivity index (χ1) is 8.59. The maximum Gasteiger partial charge on any atom is 0.160 e. The van der Waals surface area contributed by atoms with Gasteiger partial charge in [-0.15, -0.1) is 0 Å². The van der Waals surface area contributed by atoms with E-state index in [1.165, 1.54) is 5.56 Å². The molecule has 1 aromatic heterocycles. The Balaban J connectivity index is 2.61. The molecule has 0 amide bonds. The Morgan fingerprint density at radius 1 is 1.06 bits per heavy atom. The van der Waals surface area contributed by atoms with Crippen LogP contribution in [0.4, 0.5) is 0 Å². The quantitative estimate of drug-likeness (QED) is 0.634. The highest BCUT2D eigenvalue weighted by molar-refractivity contribution is 6.16. The van der Waals surface area contributed by atoms with Crippen LogP contribution in [0.2, 0.25) is 0 Å². The van der Waals surface area contributed by atoms with Gasteiger partial charge in [-0.2, -0.15) is 0 Å². The van der Waals surface area contributed by atoms with Crippen molar-refractivity contribution in [3.05, 3.63) is 47.2 Å². The molecule has 0 spiro atoms. The van der Waals surface area contributed by atoms with E-state index in [-0.39, 0.29) is 5.78 Å². The van der Waals surface area contributed by atoms with E-state index in [0.717, 1.165) is 32.9 Å². The minimum Gasteiger partial charge on any atom is -0.358 e. The number of hydrogen-bond donors (Lipinski definition) is 1. The molecule has 2 nitrogen and oxygen atoms in total. The fourth-order valence-corrected chi connectivity index (χ4v) is 2.58. The number of hydrogen-bond acceptors (Lipinski definition) is 1. The minimum atomic E-state index is 0.117. The van der Waals surface area contributed by atoms with Gasteiger partial charge in [0.15, 0.2) is 5.78 Å². The number of aromatic nitrogens is 1. The Labute approximate surface area is 106 Å². The molecule has 2 heteroatoms. The summed E-state index contributed by atoms with van der Waals surface area (Å²) in [6, 6.07) is 10.1. The third-order valence-electron chi connectivity index (χ3n) is 3.70. The van der Waals surface area contributed by atoms with Gasteiger partial charge in [0.2, 0.25) is 0 Å². The van der Waals surface area contributed by atoms with Gasteiger partial charge in [0, 0.05) is 22.0 Å². The van der Waals surface area contributed by atoms with Gasteiger partial charge >= 0.3 is 0 Å². The van der Waals surface area contributed by atoms with Crippen LogP contribution in [0.15, 0.2) is 30.3 Å². The number of aryl methyl sites for hydroxylation is 2. The first-order valence-corrected chi connectivity index (χ1v) is 6.11. The maximum absolute atomic E-state index is 11.8. The predicted octanol–water partition coefficient (Wildman–Crippen LogP) is 4.14. The summed E-state index contributed by atoms with van der Waals surface area (Å²) in [6.07, 6.45) is 0. The summed E-state index contributed by atoms with van der Waals surface area (Å²) in [5, 5.41) is 3.30. The summed E-state index contributed by atoms with van der Waals surface area (Å²) in [5.41, 5.74) is 4.32. The minimum absolute atomic E-state index is 0.117. The van der Waals surface area contributed by atoms with Crippen LogP contribution in [0, 0.1) is 13.8 Å². The fraction of sp³-hybridized carbons (Fsp3) is 0.188. The SMILES string of the molecule is CC(=O)c1cc2c(C)c(C)[nH]c2c2ccccc12. The molecular weight excluding hydrogens is 222 g/mol. The summed E-state index contributed by atoms with van der Waals surface area (Å²) in [5.74, 6) is 0.117. The van der Waals surface area contributed by atoms with Gasteiger partial charge in [0.05, 0.1) is 5.52 Å². The van der Waals surface area contributed by atoms with Crippen molar-refractivity contribution < 1.29 is 4.79 Å². The smallest absolute Gasteiger partial charge is 0.160 e. The van der Waals surface area contributed by atoms with Crippen molar-refractivity contribution in [1.82, 2.24) is 4.98 Å². The van der Waals surface area contributed by atoms with E-state index in [4.69, 9.17) is 0 Å². The van der Waals surface area contributed by atoms with Crippen LogP contribution < -0.4 is 0 Å². The molecule has 0 radical (unpaired) electrons. The zero-order valence-corrected chi connectivity index (χ0v) is 10.8. The highest BCUT2D eigenvalue weighted by Gasteiger charge is 2.13. The lowest BCUT2D eigenvalue weighted by Crippen LogP contribution is -1.94. The molecule has 0 unspecified atom stereocenters. The molecule has 2 aromatic carbocycles. The van der Waals surface area contributed by atoms with Gasteiger partial charge in [0.1, 0.15) is 0 Å². The number of aromatic amines is 1. The number of H-pyrrole nitrogens is 1. The summed E-state index contributed by atoms with van der Waals surface area (Å²) >= 11 is 0. The van der Waals surface area contributed by atoms with Crippen molar-refractivity contribution >= 4 is 27.5 Å². The van der Waals surface area contributed by atoms with Crippen molar-refractivity contribution in [2.75, 3.05) is 0 Å². The van der Waals surface area contributed by atoms with Crippen LogP contribution in [-0.4, -0.2) is 10.8 Å². The summed E-state index contributed by atoms with van der Waals surface area (Å²) in [6.45, 7) is 5.78. The van der Waals surface area contributed by atoms with Gasteiger partial charge < -0.3 is 4.98 Å². The van der Waals surface area contributed by atoms with E-state index < -0.39 is 0 Å². The van der Waals surface area contributed by atoms with Gasteiger partial charge in [-0.3, -0.25) is 4.79 Å². The topological polar surface area (TPSA) is 32.9 Å². The molecule has 3 rings (SSSR count). The highest BCUT2D eigenvalue weighted by atomic mass is 16.1. The number of benzene rings is 2. The van der Waals surface area contributed by atoms with Crippen LogP contribution in [0.3, 0.4) is 0 Å². The lowest BCUT2D eigenvalue weighted by Gasteiger charge is -2.05. The summed E-state index contributed by atoms with van der Waals surface area (Å²) < 4.78 is 0. The zero-order valence-electron chi connectivity index (χ0n) is 10.8. The average molecular weight is 237 g/mol. The molecular formula is C16H15NO. The fourth-order valence-electron chi connectivity index (χ4n) is 2.58. The third kappa shape index (κ3) is 1.39. The van der Waals surface area contributed by atoms with Crippen LogP contribution in [0.1, 0.15) is 28.5 Å². The predicted molar refractivity (Wildman–Crippen MR) is 75.3 cm³/mol. The molecule has 0 saturated carbocycles. The number of nitrogens with one attached hydrogen (secondary N) is 1. The van der Waals surface area contributed by atoms with Gasteiger partial charge in [-0.25, -0.2) is 0 Å². The first-order valence-electron chi connectivity index (χ1n) is 6.11. The molecule has 0 aliphatic heterocycles. The Morgan fingerprint density at radius 2 is 1.72 bits per heavy atom. The van der Waals surface area contributed by atoms with Crippen LogP contribution >= 0.6 is 0 Å². The van der Waals surface area contributed by atoms with Gasteiger partial charge in [-0.05, 0) is 37.8 Å². The van der Waals surface area contributed by atoms with Crippen LogP contribution in [0.5, 0.6) is 0 Å². The van der Waals surface area contributed by atoms with E-state index >= 15 is 0 Å². The monoisotopic (exact) mass is 237 g/mol. The molecule has 0 atom stereocenters. The van der Waals surface area contributed by atoms with Crippen LogP contribution in [0.25, 0.3) is 21.7 Å². The Bertz CT molecular complexity index is 780. The Morgan fingerprint density at radius 3 is 2.39 bits per heavy atom. The number of ketones is 1. The van der Waals surface area contributed by atoms with E-state index in [9.17, 15) is 4.79 Å². The molecule has 1 N–H and O–H groups in total. The van der Waals surface area contributed by atoms with Crippen LogP contribution in [-0.2, 0) is 0 Å². The molecule has 0 aliphatic carbocycles. The number of rotatable bonds is 1. The molecule has 90 valence electrons. The molecule has 18 heavy (non-hydrogen) atoms. The lowest BCUT2D eigenvalue weighted by atomic mass is 9.98. The van der Waals surface area contributed by atoms with Crippen molar-refractivity contribution in [2.45, 2.75) is 20.8 Å². The van der Waals surface area contributed by atoms with E-state index in [0.29, 0.717) is 0 Å².